The molecule has 0 heterocycles. The highest BCUT2D eigenvalue weighted by Crippen LogP contribution is 2.38. The van der Waals surface area contributed by atoms with Crippen LogP contribution in [-0.2, 0) is 0 Å². The molecular weight excluding hydrogens is 184 g/mol. The van der Waals surface area contributed by atoms with Gasteiger partial charge in [0.1, 0.15) is 0 Å². The minimum Gasteiger partial charge on any atom is -0.324 e. The van der Waals surface area contributed by atoms with Crippen molar-refractivity contribution < 1.29 is 0 Å². The van der Waals surface area contributed by atoms with Crippen LogP contribution in [0.3, 0.4) is 0 Å². The van der Waals surface area contributed by atoms with Crippen molar-refractivity contribution in [1.82, 2.24) is 4.90 Å². The van der Waals surface area contributed by atoms with Gasteiger partial charge < -0.3 is 10.6 Å². The fourth-order valence-electron chi connectivity index (χ4n) is 3.07. The van der Waals surface area contributed by atoms with Gasteiger partial charge in [-0.05, 0) is 38.1 Å². The van der Waals surface area contributed by atoms with Crippen molar-refractivity contribution in [3.05, 3.63) is 0 Å². The first-order chi connectivity index (χ1) is 7.09. The average Bonchev–Trinajstić information content (AvgIpc) is 2.81. The van der Waals surface area contributed by atoms with E-state index in [0.717, 1.165) is 18.4 Å². The summed E-state index contributed by atoms with van der Waals surface area (Å²) in [5, 5.41) is 0. The largest absolute Gasteiger partial charge is 0.324 e. The van der Waals surface area contributed by atoms with E-state index in [2.05, 4.69) is 18.9 Å². The van der Waals surface area contributed by atoms with Crippen LogP contribution >= 0.6 is 0 Å². The summed E-state index contributed by atoms with van der Waals surface area (Å²) in [6.07, 6.45) is 7.97. The number of hydrogen-bond acceptors (Lipinski definition) is 2. The van der Waals surface area contributed by atoms with Crippen molar-refractivity contribution in [2.24, 2.45) is 17.6 Å². The summed E-state index contributed by atoms with van der Waals surface area (Å²) >= 11 is 0. The van der Waals surface area contributed by atoms with Crippen molar-refractivity contribution in [2.45, 2.75) is 51.0 Å². The quantitative estimate of drug-likeness (QED) is 0.771. The minimum absolute atomic E-state index is 0.130. The Hall–Kier alpha value is -0.0800. The zero-order chi connectivity index (χ0) is 10.9. The number of nitrogens with zero attached hydrogens (tertiary/aromatic N) is 1. The molecule has 2 nitrogen and oxygen atoms in total. The van der Waals surface area contributed by atoms with Gasteiger partial charge >= 0.3 is 0 Å². The second-order valence-electron chi connectivity index (χ2n) is 6.09. The third kappa shape index (κ3) is 3.18. The van der Waals surface area contributed by atoms with Crippen LogP contribution in [-0.4, -0.2) is 30.6 Å². The molecule has 15 heavy (non-hydrogen) atoms. The molecule has 2 fully saturated rings. The van der Waals surface area contributed by atoms with E-state index < -0.39 is 0 Å². The van der Waals surface area contributed by atoms with Crippen molar-refractivity contribution in [1.29, 1.82) is 0 Å². The topological polar surface area (TPSA) is 29.3 Å². The van der Waals surface area contributed by atoms with E-state index in [1.165, 1.54) is 45.1 Å². The molecule has 0 amide bonds. The van der Waals surface area contributed by atoms with Gasteiger partial charge in [-0.3, -0.25) is 0 Å². The lowest BCUT2D eigenvalue weighted by atomic mass is 9.82. The molecule has 2 atom stereocenters. The average molecular weight is 210 g/mol. The molecule has 0 bridgehead atoms. The standard InChI is InChI=1S/C13H26N2/c1-11-8-12(11)9-15(2)10-13(14)6-4-3-5-7-13/h11-12H,3-10,14H2,1-2H3. The van der Waals surface area contributed by atoms with Crippen LogP contribution in [0.25, 0.3) is 0 Å². The summed E-state index contributed by atoms with van der Waals surface area (Å²) in [6.45, 7) is 4.73. The smallest absolute Gasteiger partial charge is 0.0283 e. The maximum atomic E-state index is 6.45. The monoisotopic (exact) mass is 210 g/mol. The normalized spacial score (nSPS) is 34.4. The van der Waals surface area contributed by atoms with Gasteiger partial charge in [0.05, 0.1) is 0 Å². The van der Waals surface area contributed by atoms with Crippen molar-refractivity contribution in [2.75, 3.05) is 20.1 Å². The Morgan fingerprint density at radius 1 is 1.27 bits per heavy atom. The molecule has 2 aliphatic rings. The Kier molecular flexibility index (Phi) is 3.36. The van der Waals surface area contributed by atoms with Gasteiger partial charge in [0.25, 0.3) is 0 Å². The van der Waals surface area contributed by atoms with Gasteiger partial charge in [-0.2, -0.15) is 0 Å². The van der Waals surface area contributed by atoms with Crippen molar-refractivity contribution >= 4 is 0 Å². The summed E-state index contributed by atoms with van der Waals surface area (Å²) in [5.41, 5.74) is 6.58. The van der Waals surface area contributed by atoms with Crippen LogP contribution in [0.1, 0.15) is 45.4 Å². The van der Waals surface area contributed by atoms with E-state index in [9.17, 15) is 0 Å². The summed E-state index contributed by atoms with van der Waals surface area (Å²) < 4.78 is 0. The van der Waals surface area contributed by atoms with Gasteiger partial charge in [0.2, 0.25) is 0 Å². The van der Waals surface area contributed by atoms with E-state index in [1.807, 2.05) is 0 Å². The lowest BCUT2D eigenvalue weighted by molar-refractivity contribution is 0.192. The molecule has 88 valence electrons. The van der Waals surface area contributed by atoms with Crippen LogP contribution in [0.2, 0.25) is 0 Å². The summed E-state index contributed by atoms with van der Waals surface area (Å²) in [5.74, 6) is 1.93. The lowest BCUT2D eigenvalue weighted by Crippen LogP contribution is -2.50. The van der Waals surface area contributed by atoms with E-state index in [1.54, 1.807) is 0 Å². The van der Waals surface area contributed by atoms with Gasteiger partial charge in [-0.1, -0.05) is 26.2 Å². The molecule has 0 aromatic rings. The zero-order valence-corrected chi connectivity index (χ0v) is 10.3. The van der Waals surface area contributed by atoms with Crippen LogP contribution in [0.4, 0.5) is 0 Å². The molecule has 2 heteroatoms. The first kappa shape index (κ1) is 11.4. The lowest BCUT2D eigenvalue weighted by Gasteiger charge is -2.37. The van der Waals surface area contributed by atoms with Gasteiger partial charge in [0.15, 0.2) is 0 Å². The fourth-order valence-corrected chi connectivity index (χ4v) is 3.07. The molecule has 2 saturated carbocycles. The van der Waals surface area contributed by atoms with Crippen LogP contribution in [0.5, 0.6) is 0 Å². The summed E-state index contributed by atoms with van der Waals surface area (Å²) in [6, 6.07) is 0. The van der Waals surface area contributed by atoms with E-state index in [-0.39, 0.29) is 5.54 Å². The molecule has 0 spiro atoms. The number of likely N-dealkylation sites (N-methyl/N-ethyl adjacent to an activating group) is 1. The Balaban J connectivity index is 1.74. The van der Waals surface area contributed by atoms with Crippen LogP contribution < -0.4 is 5.73 Å². The summed E-state index contributed by atoms with van der Waals surface area (Å²) in [7, 11) is 2.24. The maximum Gasteiger partial charge on any atom is 0.0283 e. The van der Waals surface area contributed by atoms with E-state index in [4.69, 9.17) is 5.73 Å². The molecule has 2 rings (SSSR count). The molecule has 0 saturated heterocycles. The van der Waals surface area contributed by atoms with E-state index >= 15 is 0 Å². The molecule has 0 aromatic heterocycles. The first-order valence-electron chi connectivity index (χ1n) is 6.56. The first-order valence-corrected chi connectivity index (χ1v) is 6.56. The van der Waals surface area contributed by atoms with E-state index in [0.29, 0.717) is 0 Å². The Morgan fingerprint density at radius 3 is 2.40 bits per heavy atom. The molecular formula is C13H26N2. The predicted octanol–water partition coefficient (Wildman–Crippen LogP) is 2.24. The summed E-state index contributed by atoms with van der Waals surface area (Å²) in [4.78, 5) is 2.47. The molecule has 2 unspecified atom stereocenters. The van der Waals surface area contributed by atoms with Gasteiger partial charge in [-0.15, -0.1) is 0 Å². The Labute approximate surface area is 94.2 Å². The Morgan fingerprint density at radius 2 is 1.87 bits per heavy atom. The molecule has 2 aliphatic carbocycles. The number of nitrogens with two attached hydrogens (primary N) is 1. The molecule has 2 N–H and O–H groups in total. The second kappa shape index (κ2) is 4.42. The maximum absolute atomic E-state index is 6.45. The van der Waals surface area contributed by atoms with Gasteiger partial charge in [-0.25, -0.2) is 0 Å². The minimum atomic E-state index is 0.130. The highest BCUT2D eigenvalue weighted by Gasteiger charge is 2.35. The molecule has 0 aromatic carbocycles. The second-order valence-corrected chi connectivity index (χ2v) is 6.09. The van der Waals surface area contributed by atoms with Crippen molar-refractivity contribution in [3.63, 3.8) is 0 Å². The highest BCUT2D eigenvalue weighted by molar-refractivity contribution is 4.91. The molecule has 0 radical (unpaired) electrons. The predicted molar refractivity (Wildman–Crippen MR) is 64.8 cm³/mol. The number of rotatable bonds is 4. The SMILES string of the molecule is CC1CC1CN(C)CC1(N)CCCCC1. The van der Waals surface area contributed by atoms with Gasteiger partial charge in [0, 0.05) is 18.6 Å². The fraction of sp³-hybridized carbons (Fsp3) is 1.00. The highest BCUT2D eigenvalue weighted by atomic mass is 15.1. The van der Waals surface area contributed by atoms with Crippen LogP contribution in [0.15, 0.2) is 0 Å². The zero-order valence-electron chi connectivity index (χ0n) is 10.3. The van der Waals surface area contributed by atoms with Crippen LogP contribution in [0, 0.1) is 11.8 Å². The van der Waals surface area contributed by atoms with Crippen molar-refractivity contribution in [3.8, 4) is 0 Å². The third-order valence-electron chi connectivity index (χ3n) is 4.26. The third-order valence-corrected chi connectivity index (χ3v) is 4.26. The molecule has 0 aliphatic heterocycles. The Bertz CT molecular complexity index is 209. The number of hydrogen-bond donors (Lipinski definition) is 1.